The van der Waals surface area contributed by atoms with Crippen LogP contribution in [0.1, 0.15) is 34.4 Å². The highest BCUT2D eigenvalue weighted by atomic mass is 32.1. The van der Waals surface area contributed by atoms with Crippen LogP contribution >= 0.6 is 11.3 Å². The highest BCUT2D eigenvalue weighted by molar-refractivity contribution is 7.14. The summed E-state index contributed by atoms with van der Waals surface area (Å²) in [5, 5.41) is 0.417. The minimum atomic E-state index is -0.371. The number of thiazole rings is 1. The minimum Gasteiger partial charge on any atom is -0.464 e. The molecule has 18 heavy (non-hydrogen) atoms. The maximum absolute atomic E-state index is 11.6. The quantitative estimate of drug-likeness (QED) is 0.790. The van der Waals surface area contributed by atoms with Crippen LogP contribution in [0.3, 0.4) is 0 Å². The van der Waals surface area contributed by atoms with Crippen molar-refractivity contribution in [1.29, 1.82) is 0 Å². The molecule has 0 spiro atoms. The van der Waals surface area contributed by atoms with Crippen molar-refractivity contribution in [2.75, 3.05) is 7.11 Å². The Morgan fingerprint density at radius 2 is 1.94 bits per heavy atom. The molecule has 2 aromatic rings. The zero-order chi connectivity index (χ0) is 13.1. The van der Waals surface area contributed by atoms with E-state index in [2.05, 4.69) is 18.8 Å². The lowest BCUT2D eigenvalue weighted by Crippen LogP contribution is -1.99. The number of esters is 1. The van der Waals surface area contributed by atoms with E-state index < -0.39 is 0 Å². The molecule has 0 unspecified atom stereocenters. The van der Waals surface area contributed by atoms with E-state index in [-0.39, 0.29) is 5.97 Å². The van der Waals surface area contributed by atoms with Crippen LogP contribution < -0.4 is 0 Å². The monoisotopic (exact) mass is 261 g/mol. The fourth-order valence-electron chi connectivity index (χ4n) is 1.70. The molecule has 4 heteroatoms. The number of methoxy groups -OCH3 is 1. The summed E-state index contributed by atoms with van der Waals surface area (Å²) >= 11 is 1.41. The lowest BCUT2D eigenvalue weighted by Gasteiger charge is -2.04. The third-order valence-corrected chi connectivity index (χ3v) is 3.92. The molecule has 0 aliphatic heterocycles. The minimum absolute atomic E-state index is 0.330. The average molecular weight is 261 g/mol. The third-order valence-electron chi connectivity index (χ3n) is 2.58. The summed E-state index contributed by atoms with van der Waals surface area (Å²) in [5.74, 6) is -0.0415. The number of aromatic nitrogens is 1. The van der Waals surface area contributed by atoms with Gasteiger partial charge < -0.3 is 4.74 Å². The van der Waals surface area contributed by atoms with E-state index in [0.29, 0.717) is 10.9 Å². The smallest absolute Gasteiger partial charge is 0.367 e. The molecule has 0 amide bonds. The number of hydrogen-bond acceptors (Lipinski definition) is 4. The van der Waals surface area contributed by atoms with Crippen LogP contribution in [-0.2, 0) is 4.74 Å². The van der Waals surface area contributed by atoms with Gasteiger partial charge in [0.2, 0.25) is 5.01 Å². The molecular weight excluding hydrogens is 246 g/mol. The Labute approximate surface area is 110 Å². The number of ether oxygens (including phenoxy) is 1. The lowest BCUT2D eigenvalue weighted by molar-refractivity contribution is 0.0600. The van der Waals surface area contributed by atoms with Crippen LogP contribution in [0.15, 0.2) is 30.3 Å². The van der Waals surface area contributed by atoms with Gasteiger partial charge in [-0.1, -0.05) is 44.2 Å². The van der Waals surface area contributed by atoms with Gasteiger partial charge in [0.05, 0.1) is 12.8 Å². The van der Waals surface area contributed by atoms with E-state index in [1.807, 2.05) is 30.3 Å². The number of nitrogens with zero attached hydrogens (tertiary/aromatic N) is 1. The summed E-state index contributed by atoms with van der Waals surface area (Å²) in [7, 11) is 1.38. The number of rotatable bonds is 3. The summed E-state index contributed by atoms with van der Waals surface area (Å²) in [6.07, 6.45) is 0. The molecule has 0 bridgehead atoms. The van der Waals surface area contributed by atoms with Crippen LogP contribution in [0.4, 0.5) is 0 Å². The second-order valence-corrected chi connectivity index (χ2v) is 5.27. The van der Waals surface area contributed by atoms with Crippen molar-refractivity contribution in [3.63, 3.8) is 0 Å². The van der Waals surface area contributed by atoms with Crippen molar-refractivity contribution in [3.05, 3.63) is 40.2 Å². The molecule has 1 aromatic heterocycles. The van der Waals surface area contributed by atoms with Crippen LogP contribution in [0.5, 0.6) is 0 Å². The maximum atomic E-state index is 11.6. The van der Waals surface area contributed by atoms with Crippen LogP contribution in [0, 0.1) is 0 Å². The summed E-state index contributed by atoms with van der Waals surface area (Å²) in [6.45, 7) is 4.20. The number of carbonyl (C=O) groups is 1. The first-order valence-electron chi connectivity index (χ1n) is 5.78. The van der Waals surface area contributed by atoms with Gasteiger partial charge >= 0.3 is 5.97 Å². The van der Waals surface area contributed by atoms with Crippen molar-refractivity contribution < 1.29 is 9.53 Å². The number of hydrogen-bond donors (Lipinski definition) is 0. The highest BCUT2D eigenvalue weighted by Crippen LogP contribution is 2.33. The predicted molar refractivity (Wildman–Crippen MR) is 73.0 cm³/mol. The lowest BCUT2D eigenvalue weighted by atomic mass is 10.1. The molecule has 0 N–H and O–H groups in total. The van der Waals surface area contributed by atoms with Gasteiger partial charge in [0, 0.05) is 10.4 Å². The van der Waals surface area contributed by atoms with E-state index >= 15 is 0 Å². The van der Waals surface area contributed by atoms with Gasteiger partial charge in [0.25, 0.3) is 0 Å². The van der Waals surface area contributed by atoms with Gasteiger partial charge in [-0.2, -0.15) is 0 Å². The van der Waals surface area contributed by atoms with Crippen molar-refractivity contribution in [3.8, 4) is 11.3 Å². The maximum Gasteiger partial charge on any atom is 0.367 e. The first kappa shape index (κ1) is 12.8. The Hall–Kier alpha value is -1.68. The zero-order valence-electron chi connectivity index (χ0n) is 10.6. The standard InChI is InChI=1S/C14H15NO2S/c1-9(2)12-11(10-7-5-4-6-8-10)15-13(18-12)14(16)17-3/h4-9H,1-3H3. The second-order valence-electron chi connectivity index (χ2n) is 4.24. The summed E-state index contributed by atoms with van der Waals surface area (Å²) < 4.78 is 4.73. The van der Waals surface area contributed by atoms with Crippen molar-refractivity contribution in [2.45, 2.75) is 19.8 Å². The van der Waals surface area contributed by atoms with E-state index in [0.717, 1.165) is 16.1 Å². The van der Waals surface area contributed by atoms with Crippen molar-refractivity contribution in [2.24, 2.45) is 0 Å². The number of benzene rings is 1. The van der Waals surface area contributed by atoms with Gasteiger partial charge in [-0.3, -0.25) is 0 Å². The summed E-state index contributed by atoms with van der Waals surface area (Å²) in [5.41, 5.74) is 1.92. The molecule has 1 aromatic carbocycles. The summed E-state index contributed by atoms with van der Waals surface area (Å²) in [6, 6.07) is 9.91. The van der Waals surface area contributed by atoms with Crippen LogP contribution in [-0.4, -0.2) is 18.1 Å². The molecular formula is C14H15NO2S. The molecule has 1 heterocycles. The Balaban J connectivity index is 2.52. The largest absolute Gasteiger partial charge is 0.464 e. The molecule has 2 rings (SSSR count). The van der Waals surface area contributed by atoms with Gasteiger partial charge in [-0.25, -0.2) is 9.78 Å². The van der Waals surface area contributed by atoms with E-state index in [9.17, 15) is 4.79 Å². The first-order valence-corrected chi connectivity index (χ1v) is 6.59. The topological polar surface area (TPSA) is 39.2 Å². The normalized spacial score (nSPS) is 10.7. The number of carbonyl (C=O) groups excluding carboxylic acids is 1. The highest BCUT2D eigenvalue weighted by Gasteiger charge is 2.19. The van der Waals surface area contributed by atoms with Gasteiger partial charge in [0.1, 0.15) is 0 Å². The molecule has 0 atom stereocenters. The molecule has 3 nitrogen and oxygen atoms in total. The molecule has 0 saturated carbocycles. The molecule has 0 aliphatic carbocycles. The molecule has 94 valence electrons. The fourth-order valence-corrected chi connectivity index (χ4v) is 2.71. The third kappa shape index (κ3) is 2.43. The Morgan fingerprint density at radius 3 is 2.50 bits per heavy atom. The van der Waals surface area contributed by atoms with E-state index in [4.69, 9.17) is 4.74 Å². The van der Waals surface area contributed by atoms with Crippen LogP contribution in [0.2, 0.25) is 0 Å². The van der Waals surface area contributed by atoms with E-state index in [1.54, 1.807) is 0 Å². The predicted octanol–water partition coefficient (Wildman–Crippen LogP) is 3.72. The summed E-state index contributed by atoms with van der Waals surface area (Å²) in [4.78, 5) is 17.1. The zero-order valence-corrected chi connectivity index (χ0v) is 11.5. The van der Waals surface area contributed by atoms with Crippen molar-refractivity contribution in [1.82, 2.24) is 4.98 Å². The molecule has 0 aliphatic rings. The van der Waals surface area contributed by atoms with Gasteiger partial charge in [0.15, 0.2) is 0 Å². The first-order chi connectivity index (χ1) is 8.63. The Morgan fingerprint density at radius 1 is 1.28 bits per heavy atom. The second kappa shape index (κ2) is 5.31. The average Bonchev–Trinajstić information content (AvgIpc) is 2.84. The van der Waals surface area contributed by atoms with Crippen LogP contribution in [0.25, 0.3) is 11.3 Å². The molecule has 0 radical (unpaired) electrons. The fraction of sp³-hybridized carbons (Fsp3) is 0.286. The van der Waals surface area contributed by atoms with E-state index in [1.165, 1.54) is 18.4 Å². The molecule has 0 saturated heterocycles. The van der Waals surface area contributed by atoms with Gasteiger partial charge in [-0.15, -0.1) is 11.3 Å². The molecule has 0 fully saturated rings. The SMILES string of the molecule is COC(=O)c1nc(-c2ccccc2)c(C(C)C)s1. The Kier molecular flexibility index (Phi) is 3.77. The van der Waals surface area contributed by atoms with Crippen molar-refractivity contribution >= 4 is 17.3 Å². The van der Waals surface area contributed by atoms with Gasteiger partial charge in [-0.05, 0) is 5.92 Å². The Bertz CT molecular complexity index is 546.